The second kappa shape index (κ2) is 8.59. The maximum atomic E-state index is 13.0. The summed E-state index contributed by atoms with van der Waals surface area (Å²) < 4.78 is 29.5. The molecule has 1 saturated carbocycles. The Labute approximate surface area is 170 Å². The Bertz CT molecular complexity index is 805. The van der Waals surface area contributed by atoms with Gasteiger partial charge in [0.05, 0.1) is 5.69 Å². The van der Waals surface area contributed by atoms with Crippen LogP contribution in [0.2, 0.25) is 0 Å². The molecular formula is C19H28BrN3O3S. The largest absolute Gasteiger partial charge is 0.310 e. The maximum absolute atomic E-state index is 13.0. The number of anilines is 1. The first-order valence-electron chi connectivity index (χ1n) is 9.73. The van der Waals surface area contributed by atoms with E-state index in [0.717, 1.165) is 48.9 Å². The Morgan fingerprint density at radius 3 is 2.63 bits per heavy atom. The molecule has 1 aliphatic carbocycles. The van der Waals surface area contributed by atoms with Gasteiger partial charge in [-0.25, -0.2) is 13.1 Å². The lowest BCUT2D eigenvalue weighted by molar-refractivity contribution is -0.119. The van der Waals surface area contributed by atoms with Crippen LogP contribution in [0.3, 0.4) is 0 Å². The van der Waals surface area contributed by atoms with Crippen molar-refractivity contribution in [3.05, 3.63) is 22.2 Å². The van der Waals surface area contributed by atoms with Gasteiger partial charge in [-0.05, 0) is 63.0 Å². The Morgan fingerprint density at radius 2 is 2.00 bits per heavy atom. The summed E-state index contributed by atoms with van der Waals surface area (Å²) in [6, 6.07) is 3.54. The standard InChI is InChI=1S/C19H28BrN3O3S/c1-3-22(4-2)10-5-9-21-27(25,26)17-13-16(20)12-15-8-11-23(18(15)17)19(24)14-6-7-14/h12-14,21H,3-11H2,1-2H3. The third kappa shape index (κ3) is 4.72. The first kappa shape index (κ1) is 20.8. The molecule has 1 aromatic carbocycles. The van der Waals surface area contributed by atoms with Gasteiger partial charge in [0.15, 0.2) is 0 Å². The quantitative estimate of drug-likeness (QED) is 0.578. The lowest BCUT2D eigenvalue weighted by Gasteiger charge is -2.21. The van der Waals surface area contributed by atoms with E-state index < -0.39 is 10.0 Å². The minimum absolute atomic E-state index is 0.0639. The number of fused-ring (bicyclic) bond motifs is 1. The number of hydrogen-bond acceptors (Lipinski definition) is 4. The van der Waals surface area contributed by atoms with Crippen LogP contribution in [0, 0.1) is 5.92 Å². The normalized spacial score (nSPS) is 16.8. The maximum Gasteiger partial charge on any atom is 0.242 e. The van der Waals surface area contributed by atoms with E-state index in [-0.39, 0.29) is 16.7 Å². The zero-order chi connectivity index (χ0) is 19.6. The molecule has 0 radical (unpaired) electrons. The Kier molecular flexibility index (Phi) is 6.61. The van der Waals surface area contributed by atoms with Gasteiger partial charge >= 0.3 is 0 Å². The number of benzene rings is 1. The van der Waals surface area contributed by atoms with Crippen LogP contribution < -0.4 is 9.62 Å². The van der Waals surface area contributed by atoms with Crippen molar-refractivity contribution in [1.82, 2.24) is 9.62 Å². The van der Waals surface area contributed by atoms with E-state index in [9.17, 15) is 13.2 Å². The third-order valence-electron chi connectivity index (χ3n) is 5.31. The van der Waals surface area contributed by atoms with Crippen LogP contribution in [0.25, 0.3) is 0 Å². The summed E-state index contributed by atoms with van der Waals surface area (Å²) in [5.74, 6) is 0.131. The molecule has 2 aliphatic rings. The summed E-state index contributed by atoms with van der Waals surface area (Å²) >= 11 is 3.42. The highest BCUT2D eigenvalue weighted by molar-refractivity contribution is 9.10. The van der Waals surface area contributed by atoms with E-state index in [2.05, 4.69) is 39.4 Å². The smallest absolute Gasteiger partial charge is 0.242 e. The van der Waals surface area contributed by atoms with Crippen LogP contribution >= 0.6 is 15.9 Å². The van der Waals surface area contributed by atoms with Crippen molar-refractivity contribution in [2.45, 2.75) is 44.4 Å². The van der Waals surface area contributed by atoms with Crippen LogP contribution in [0.15, 0.2) is 21.5 Å². The zero-order valence-electron chi connectivity index (χ0n) is 16.0. The van der Waals surface area contributed by atoms with Crippen LogP contribution in [0.5, 0.6) is 0 Å². The first-order chi connectivity index (χ1) is 12.9. The van der Waals surface area contributed by atoms with Crippen molar-refractivity contribution in [2.75, 3.05) is 37.6 Å². The second-order valence-corrected chi connectivity index (χ2v) is 9.86. The molecule has 0 aromatic heterocycles. The van der Waals surface area contributed by atoms with Gasteiger partial charge in [-0.1, -0.05) is 29.8 Å². The first-order valence-corrected chi connectivity index (χ1v) is 12.0. The number of hydrogen-bond donors (Lipinski definition) is 1. The summed E-state index contributed by atoms with van der Waals surface area (Å²) in [7, 11) is -3.68. The molecule has 1 aliphatic heterocycles. The molecule has 0 spiro atoms. The summed E-state index contributed by atoms with van der Waals surface area (Å²) in [4.78, 5) is 16.8. The molecule has 1 amide bonds. The number of nitrogens with one attached hydrogen (secondary N) is 1. The molecule has 150 valence electrons. The summed E-state index contributed by atoms with van der Waals surface area (Å²) in [6.07, 6.45) is 3.26. The highest BCUT2D eigenvalue weighted by Crippen LogP contribution is 2.41. The number of carbonyl (C=O) groups is 1. The molecule has 0 bridgehead atoms. The van der Waals surface area contributed by atoms with E-state index in [4.69, 9.17) is 0 Å². The zero-order valence-corrected chi connectivity index (χ0v) is 18.4. The van der Waals surface area contributed by atoms with Crippen LogP contribution in [0.1, 0.15) is 38.7 Å². The van der Waals surface area contributed by atoms with E-state index >= 15 is 0 Å². The average molecular weight is 458 g/mol. The van der Waals surface area contributed by atoms with Crippen molar-refractivity contribution < 1.29 is 13.2 Å². The average Bonchev–Trinajstić information content (AvgIpc) is 3.40. The van der Waals surface area contributed by atoms with Crippen molar-refractivity contribution in [1.29, 1.82) is 0 Å². The SMILES string of the molecule is CCN(CC)CCCNS(=O)(=O)c1cc(Br)cc2c1N(C(=O)C1CC1)CC2. The third-order valence-corrected chi connectivity index (χ3v) is 7.25. The van der Waals surface area contributed by atoms with Crippen molar-refractivity contribution in [3.8, 4) is 0 Å². The monoisotopic (exact) mass is 457 g/mol. The summed E-state index contributed by atoms with van der Waals surface area (Å²) in [5, 5.41) is 0. The number of carbonyl (C=O) groups excluding carboxylic acids is 1. The van der Waals surface area contributed by atoms with E-state index in [1.807, 2.05) is 6.07 Å². The molecule has 6 nitrogen and oxygen atoms in total. The Hall–Kier alpha value is -0.960. The number of halogens is 1. The highest BCUT2D eigenvalue weighted by Gasteiger charge is 2.39. The van der Waals surface area contributed by atoms with Gasteiger partial charge in [-0.3, -0.25) is 4.79 Å². The number of rotatable bonds is 9. The van der Waals surface area contributed by atoms with Gasteiger partial charge in [0.2, 0.25) is 15.9 Å². The molecule has 27 heavy (non-hydrogen) atoms. The molecule has 1 N–H and O–H groups in total. The molecule has 1 aromatic rings. The molecular weight excluding hydrogens is 430 g/mol. The van der Waals surface area contributed by atoms with Gasteiger partial charge < -0.3 is 9.80 Å². The van der Waals surface area contributed by atoms with Gasteiger partial charge in [-0.15, -0.1) is 0 Å². The molecule has 3 rings (SSSR count). The molecule has 8 heteroatoms. The fraction of sp³-hybridized carbons (Fsp3) is 0.632. The number of amides is 1. The van der Waals surface area contributed by atoms with Crippen LogP contribution in [-0.4, -0.2) is 51.9 Å². The van der Waals surface area contributed by atoms with Gasteiger partial charge in [0, 0.05) is 23.5 Å². The van der Waals surface area contributed by atoms with Crippen LogP contribution in [0.4, 0.5) is 5.69 Å². The van der Waals surface area contributed by atoms with Crippen molar-refractivity contribution >= 4 is 37.5 Å². The van der Waals surface area contributed by atoms with E-state index in [1.165, 1.54) is 0 Å². The predicted molar refractivity (Wildman–Crippen MR) is 111 cm³/mol. The lowest BCUT2D eigenvalue weighted by atomic mass is 10.2. The number of nitrogens with zero attached hydrogens (tertiary/aromatic N) is 2. The summed E-state index contributed by atoms with van der Waals surface area (Å²) in [6.45, 7) is 7.93. The Morgan fingerprint density at radius 1 is 1.30 bits per heavy atom. The molecule has 0 saturated heterocycles. The predicted octanol–water partition coefficient (Wildman–Crippen LogP) is 2.76. The molecule has 1 heterocycles. The topological polar surface area (TPSA) is 69.7 Å². The number of sulfonamides is 1. The minimum atomic E-state index is -3.68. The molecule has 1 fully saturated rings. The van der Waals surface area contributed by atoms with E-state index in [1.54, 1.807) is 11.0 Å². The molecule has 0 unspecified atom stereocenters. The lowest BCUT2D eigenvalue weighted by Crippen LogP contribution is -2.33. The summed E-state index contributed by atoms with van der Waals surface area (Å²) in [5.41, 5.74) is 1.49. The van der Waals surface area contributed by atoms with Gasteiger partial charge in [0.25, 0.3) is 0 Å². The van der Waals surface area contributed by atoms with Gasteiger partial charge in [-0.2, -0.15) is 0 Å². The van der Waals surface area contributed by atoms with E-state index in [0.29, 0.717) is 25.2 Å². The van der Waals surface area contributed by atoms with Crippen molar-refractivity contribution in [3.63, 3.8) is 0 Å². The highest BCUT2D eigenvalue weighted by atomic mass is 79.9. The fourth-order valence-corrected chi connectivity index (χ4v) is 5.58. The molecule has 0 atom stereocenters. The van der Waals surface area contributed by atoms with Crippen molar-refractivity contribution in [2.24, 2.45) is 5.92 Å². The Balaban J connectivity index is 1.78. The van der Waals surface area contributed by atoms with Gasteiger partial charge in [0.1, 0.15) is 4.90 Å². The van der Waals surface area contributed by atoms with Crippen LogP contribution in [-0.2, 0) is 21.2 Å². The second-order valence-electron chi connectivity index (χ2n) is 7.20. The minimum Gasteiger partial charge on any atom is -0.310 e. The fourth-order valence-electron chi connectivity index (χ4n) is 3.57.